The summed E-state index contributed by atoms with van der Waals surface area (Å²) in [6.07, 6.45) is -0.0591. The van der Waals surface area contributed by atoms with Crippen molar-refractivity contribution in [2.45, 2.75) is 30.9 Å². The predicted molar refractivity (Wildman–Crippen MR) is 160 cm³/mol. The number of ether oxygens (including phenoxy) is 2. The van der Waals surface area contributed by atoms with Gasteiger partial charge in [0.2, 0.25) is 0 Å². The van der Waals surface area contributed by atoms with Crippen LogP contribution < -0.4 is 15.8 Å². The van der Waals surface area contributed by atoms with E-state index in [1.54, 1.807) is 30.2 Å². The van der Waals surface area contributed by atoms with Gasteiger partial charge in [-0.25, -0.2) is 4.79 Å². The fraction of sp³-hybridized carbons (Fsp3) is 0.258. The van der Waals surface area contributed by atoms with E-state index in [4.69, 9.17) is 38.4 Å². The van der Waals surface area contributed by atoms with Gasteiger partial charge in [-0.05, 0) is 48.0 Å². The smallest absolute Gasteiger partial charge is 0.404 e. The number of rotatable bonds is 6. The van der Waals surface area contributed by atoms with Crippen molar-refractivity contribution in [1.82, 2.24) is 9.47 Å². The molecule has 6 rings (SSSR count). The molecule has 11 heteroatoms. The summed E-state index contributed by atoms with van der Waals surface area (Å²) < 4.78 is 12.5. The number of carbonyl (C=O) groups excluding carboxylic acids is 3. The van der Waals surface area contributed by atoms with Gasteiger partial charge in [0.15, 0.2) is 5.54 Å². The van der Waals surface area contributed by atoms with Gasteiger partial charge in [0.25, 0.3) is 11.8 Å². The van der Waals surface area contributed by atoms with E-state index in [1.165, 1.54) is 0 Å². The van der Waals surface area contributed by atoms with Gasteiger partial charge >= 0.3 is 6.09 Å². The Bertz CT molecular complexity index is 1730. The van der Waals surface area contributed by atoms with Crippen LogP contribution in [0, 0.1) is 0 Å². The van der Waals surface area contributed by atoms with Gasteiger partial charge in [0, 0.05) is 65.1 Å². The van der Waals surface area contributed by atoms with E-state index >= 15 is 0 Å². The highest BCUT2D eigenvalue weighted by Crippen LogP contribution is 2.46. The van der Waals surface area contributed by atoms with E-state index in [1.807, 2.05) is 53.1 Å². The number of primary amides is 1. The number of amides is 3. The van der Waals surface area contributed by atoms with Crippen molar-refractivity contribution in [3.8, 4) is 5.75 Å². The lowest BCUT2D eigenvalue weighted by molar-refractivity contribution is -0.121. The van der Waals surface area contributed by atoms with Crippen LogP contribution in [0.4, 0.5) is 10.5 Å². The number of anilines is 1. The SMILES string of the molecule is COc1ccc2cc(C(=O)N3CCC(OC(N)=O)CC3)n(C3(Cc4cccc(Cl)c4)C(=O)Nc4cc(Cl)ccc43)c2c1. The van der Waals surface area contributed by atoms with E-state index in [-0.39, 0.29) is 24.3 Å². The van der Waals surface area contributed by atoms with Crippen LogP contribution in [0.1, 0.15) is 34.5 Å². The number of methoxy groups -OCH3 is 1. The topological polar surface area (TPSA) is 116 Å². The Hall–Kier alpha value is -4.21. The Morgan fingerprint density at radius 2 is 1.79 bits per heavy atom. The van der Waals surface area contributed by atoms with Crippen molar-refractivity contribution in [2.75, 3.05) is 25.5 Å². The molecule has 3 aromatic carbocycles. The third-order valence-electron chi connectivity index (χ3n) is 8.02. The van der Waals surface area contributed by atoms with E-state index in [9.17, 15) is 14.4 Å². The van der Waals surface area contributed by atoms with Gasteiger partial charge in [-0.3, -0.25) is 9.59 Å². The summed E-state index contributed by atoms with van der Waals surface area (Å²) in [5.41, 5.74) is 6.90. The van der Waals surface area contributed by atoms with Crippen LogP contribution in [-0.4, -0.2) is 53.7 Å². The largest absolute Gasteiger partial charge is 0.497 e. The van der Waals surface area contributed by atoms with Crippen LogP contribution in [0.3, 0.4) is 0 Å². The number of piperidine rings is 1. The van der Waals surface area contributed by atoms with E-state index in [0.29, 0.717) is 64.2 Å². The lowest BCUT2D eigenvalue weighted by Crippen LogP contribution is -2.47. The van der Waals surface area contributed by atoms with Gasteiger partial charge in [0.05, 0.1) is 12.6 Å². The highest BCUT2D eigenvalue weighted by atomic mass is 35.5. The third-order valence-corrected chi connectivity index (χ3v) is 8.49. The first-order valence-corrected chi connectivity index (χ1v) is 14.3. The molecule has 2 aliphatic heterocycles. The molecule has 3 heterocycles. The van der Waals surface area contributed by atoms with Crippen molar-refractivity contribution in [2.24, 2.45) is 5.73 Å². The molecule has 3 amide bonds. The molecule has 3 N–H and O–H groups in total. The van der Waals surface area contributed by atoms with Crippen molar-refractivity contribution in [1.29, 1.82) is 0 Å². The standard InChI is InChI=1S/C31H28Cl2N4O5/c1-41-23-7-5-19-14-27(28(38)36-11-9-22(10-12-36)42-30(34)40)37(26(19)16-23)31(17-18-3-2-4-20(32)13-18)24-8-6-21(33)15-25(24)35-29(31)39/h2-8,13-16,22H,9-12,17H2,1H3,(H2,34,40)(H,35,39). The van der Waals surface area contributed by atoms with Gasteiger partial charge < -0.3 is 30.0 Å². The van der Waals surface area contributed by atoms with Gasteiger partial charge in [-0.15, -0.1) is 0 Å². The van der Waals surface area contributed by atoms with Crippen molar-refractivity contribution in [3.05, 3.63) is 93.6 Å². The minimum atomic E-state index is -1.36. The van der Waals surface area contributed by atoms with Crippen LogP contribution >= 0.6 is 23.2 Å². The van der Waals surface area contributed by atoms with Crippen LogP contribution in [0.25, 0.3) is 10.9 Å². The number of carbonyl (C=O) groups is 3. The number of halogens is 2. The molecule has 0 saturated carbocycles. The van der Waals surface area contributed by atoms with Crippen molar-refractivity contribution < 1.29 is 23.9 Å². The summed E-state index contributed by atoms with van der Waals surface area (Å²) in [4.78, 5) is 41.6. The van der Waals surface area contributed by atoms with Crippen LogP contribution in [0.15, 0.2) is 66.7 Å². The molecule has 1 aromatic heterocycles. The number of nitrogens with zero attached hydrogens (tertiary/aromatic N) is 2. The Kier molecular flexibility index (Phi) is 7.24. The zero-order valence-electron chi connectivity index (χ0n) is 22.7. The van der Waals surface area contributed by atoms with Crippen LogP contribution in [0.5, 0.6) is 5.75 Å². The predicted octanol–water partition coefficient (Wildman–Crippen LogP) is 5.60. The van der Waals surface area contributed by atoms with Crippen LogP contribution in [0.2, 0.25) is 10.0 Å². The maximum Gasteiger partial charge on any atom is 0.404 e. The normalized spacial score (nSPS) is 18.5. The number of fused-ring (bicyclic) bond motifs is 2. The van der Waals surface area contributed by atoms with Crippen LogP contribution in [-0.2, 0) is 21.5 Å². The molecule has 216 valence electrons. The first kappa shape index (κ1) is 27.9. The number of hydrogen-bond donors (Lipinski definition) is 2. The maximum atomic E-state index is 14.3. The van der Waals surface area contributed by atoms with Gasteiger partial charge in [0.1, 0.15) is 17.5 Å². The monoisotopic (exact) mass is 606 g/mol. The summed E-state index contributed by atoms with van der Waals surface area (Å²) in [5, 5.41) is 4.80. The Morgan fingerprint density at radius 3 is 2.50 bits per heavy atom. The average Bonchev–Trinajstić information content (AvgIpc) is 3.47. The second kappa shape index (κ2) is 10.9. The van der Waals surface area contributed by atoms with Gasteiger partial charge in [-0.2, -0.15) is 0 Å². The summed E-state index contributed by atoms with van der Waals surface area (Å²) >= 11 is 12.7. The van der Waals surface area contributed by atoms with Crippen molar-refractivity contribution >= 4 is 57.7 Å². The third kappa shape index (κ3) is 4.82. The molecule has 42 heavy (non-hydrogen) atoms. The lowest BCUT2D eigenvalue weighted by atomic mass is 9.83. The van der Waals surface area contributed by atoms with E-state index in [0.717, 1.165) is 10.9 Å². The number of hydrogen-bond acceptors (Lipinski definition) is 5. The minimum Gasteiger partial charge on any atom is -0.497 e. The molecule has 4 aromatic rings. The molecule has 1 unspecified atom stereocenters. The molecule has 1 saturated heterocycles. The molecule has 0 spiro atoms. The zero-order chi connectivity index (χ0) is 29.6. The fourth-order valence-electron chi connectivity index (χ4n) is 6.13. The Balaban J connectivity index is 1.56. The second-order valence-electron chi connectivity index (χ2n) is 10.5. The number of nitrogens with one attached hydrogen (secondary N) is 1. The number of nitrogens with two attached hydrogens (primary N) is 1. The van der Waals surface area contributed by atoms with E-state index in [2.05, 4.69) is 5.32 Å². The van der Waals surface area contributed by atoms with Crippen molar-refractivity contribution in [3.63, 3.8) is 0 Å². The highest BCUT2D eigenvalue weighted by Gasteiger charge is 2.51. The summed E-state index contributed by atoms with van der Waals surface area (Å²) in [6.45, 7) is 0.725. The summed E-state index contributed by atoms with van der Waals surface area (Å²) in [7, 11) is 1.57. The summed E-state index contributed by atoms with van der Waals surface area (Å²) in [6, 6.07) is 20.0. The first-order chi connectivity index (χ1) is 20.2. The molecule has 0 aliphatic carbocycles. The molecule has 0 bridgehead atoms. The lowest BCUT2D eigenvalue weighted by Gasteiger charge is -2.35. The summed E-state index contributed by atoms with van der Waals surface area (Å²) in [5.74, 6) is 0.0314. The number of likely N-dealkylation sites (tertiary alicyclic amines) is 1. The average molecular weight is 607 g/mol. The molecule has 9 nitrogen and oxygen atoms in total. The zero-order valence-corrected chi connectivity index (χ0v) is 24.2. The molecular formula is C31H28Cl2N4O5. The number of aromatic nitrogens is 1. The fourth-order valence-corrected chi connectivity index (χ4v) is 6.51. The minimum absolute atomic E-state index is 0.212. The molecular weight excluding hydrogens is 579 g/mol. The second-order valence-corrected chi connectivity index (χ2v) is 11.4. The van der Waals surface area contributed by atoms with Gasteiger partial charge in [-0.1, -0.05) is 41.4 Å². The molecule has 1 fully saturated rings. The Morgan fingerprint density at radius 1 is 1.02 bits per heavy atom. The molecule has 1 atom stereocenters. The quantitative estimate of drug-likeness (QED) is 0.296. The molecule has 2 aliphatic rings. The maximum absolute atomic E-state index is 14.3. The molecule has 0 radical (unpaired) electrons. The number of benzene rings is 3. The highest BCUT2D eigenvalue weighted by molar-refractivity contribution is 6.31. The first-order valence-electron chi connectivity index (χ1n) is 13.5. The Labute approximate surface area is 252 Å². The van der Waals surface area contributed by atoms with E-state index < -0.39 is 11.6 Å².